The van der Waals surface area contributed by atoms with E-state index in [4.69, 9.17) is 0 Å². The Bertz CT molecular complexity index is 508. The molecule has 1 fully saturated rings. The third-order valence-corrected chi connectivity index (χ3v) is 4.20. The molecule has 5 heteroatoms. The van der Waals surface area contributed by atoms with Crippen LogP contribution in [0.4, 0.5) is 5.69 Å². The number of nitrogens with one attached hydrogen (secondary N) is 1. The predicted molar refractivity (Wildman–Crippen MR) is 82.4 cm³/mol. The van der Waals surface area contributed by atoms with Gasteiger partial charge in [0, 0.05) is 22.2 Å². The number of carbonyl (C=O) groups excluding carboxylic acids is 2. The standard InChI is InChI=1S/C15H19BrN2O2/c1-10-5-3-6-11(2)18(10)15(20)14(19)17-13-8-4-7-12(16)9-13/h4,7-11H,3,5-6H2,1-2H3,(H,17,19). The van der Waals surface area contributed by atoms with Crippen LogP contribution in [0, 0.1) is 0 Å². The molecule has 2 amide bonds. The van der Waals surface area contributed by atoms with Crippen LogP contribution < -0.4 is 5.32 Å². The highest BCUT2D eigenvalue weighted by Gasteiger charge is 2.32. The second-order valence-electron chi connectivity index (χ2n) is 5.31. The van der Waals surface area contributed by atoms with E-state index in [9.17, 15) is 9.59 Å². The number of halogens is 1. The summed E-state index contributed by atoms with van der Waals surface area (Å²) in [6, 6.07) is 7.47. The van der Waals surface area contributed by atoms with Gasteiger partial charge in [0.25, 0.3) is 0 Å². The van der Waals surface area contributed by atoms with Gasteiger partial charge in [-0.05, 0) is 51.3 Å². The number of anilines is 1. The van der Waals surface area contributed by atoms with E-state index in [1.54, 1.807) is 17.0 Å². The highest BCUT2D eigenvalue weighted by atomic mass is 79.9. The maximum absolute atomic E-state index is 12.3. The molecule has 0 spiro atoms. The second kappa shape index (κ2) is 6.39. The molecule has 0 bridgehead atoms. The number of likely N-dealkylation sites (tertiary alicyclic amines) is 1. The normalized spacial score (nSPS) is 22.4. The van der Waals surface area contributed by atoms with Crippen molar-refractivity contribution in [2.24, 2.45) is 0 Å². The molecule has 2 unspecified atom stereocenters. The SMILES string of the molecule is CC1CCCC(C)N1C(=O)C(=O)Nc1cccc(Br)c1. The molecule has 20 heavy (non-hydrogen) atoms. The number of amides is 2. The average molecular weight is 339 g/mol. The van der Waals surface area contributed by atoms with Gasteiger partial charge in [-0.25, -0.2) is 0 Å². The molecule has 0 aliphatic carbocycles. The van der Waals surface area contributed by atoms with E-state index in [-0.39, 0.29) is 12.1 Å². The van der Waals surface area contributed by atoms with Crippen molar-refractivity contribution >= 4 is 33.4 Å². The Labute approximate surface area is 127 Å². The second-order valence-corrected chi connectivity index (χ2v) is 6.22. The summed E-state index contributed by atoms with van der Waals surface area (Å²) < 4.78 is 0.863. The Morgan fingerprint density at radius 3 is 2.50 bits per heavy atom. The lowest BCUT2D eigenvalue weighted by Gasteiger charge is -2.38. The van der Waals surface area contributed by atoms with Crippen LogP contribution in [0.5, 0.6) is 0 Å². The van der Waals surface area contributed by atoms with E-state index in [1.165, 1.54) is 0 Å². The molecule has 108 valence electrons. The highest BCUT2D eigenvalue weighted by molar-refractivity contribution is 9.10. The molecule has 0 saturated carbocycles. The number of hydrogen-bond acceptors (Lipinski definition) is 2. The largest absolute Gasteiger partial charge is 0.329 e. The van der Waals surface area contributed by atoms with Crippen LogP contribution in [-0.2, 0) is 9.59 Å². The lowest BCUT2D eigenvalue weighted by atomic mass is 9.97. The zero-order chi connectivity index (χ0) is 14.7. The molecule has 0 radical (unpaired) electrons. The molecule has 0 aromatic heterocycles. The minimum atomic E-state index is -0.566. The number of piperidine rings is 1. The maximum atomic E-state index is 12.3. The summed E-state index contributed by atoms with van der Waals surface area (Å²) in [5.41, 5.74) is 0.620. The molecule has 1 N–H and O–H groups in total. The van der Waals surface area contributed by atoms with Gasteiger partial charge in [-0.1, -0.05) is 22.0 Å². The Balaban J connectivity index is 2.06. The Hall–Kier alpha value is -1.36. The van der Waals surface area contributed by atoms with Gasteiger partial charge in [-0.3, -0.25) is 9.59 Å². The molecule has 1 aliphatic rings. The third kappa shape index (κ3) is 3.39. The molecule has 1 aromatic rings. The number of nitrogens with zero attached hydrogens (tertiary/aromatic N) is 1. The lowest BCUT2D eigenvalue weighted by molar-refractivity contribution is -0.147. The van der Waals surface area contributed by atoms with Gasteiger partial charge >= 0.3 is 11.8 Å². The molecule has 2 atom stereocenters. The zero-order valence-corrected chi connectivity index (χ0v) is 13.3. The molecule has 2 rings (SSSR count). The van der Waals surface area contributed by atoms with Crippen LogP contribution >= 0.6 is 15.9 Å². The van der Waals surface area contributed by atoms with Crippen LogP contribution in [-0.4, -0.2) is 28.8 Å². The van der Waals surface area contributed by atoms with E-state index in [2.05, 4.69) is 21.2 Å². The summed E-state index contributed by atoms with van der Waals surface area (Å²) >= 11 is 3.34. The van der Waals surface area contributed by atoms with Gasteiger partial charge in [0.1, 0.15) is 0 Å². The van der Waals surface area contributed by atoms with Crippen molar-refractivity contribution in [1.29, 1.82) is 0 Å². The van der Waals surface area contributed by atoms with Gasteiger partial charge in [-0.2, -0.15) is 0 Å². The van der Waals surface area contributed by atoms with Crippen LogP contribution in [0.2, 0.25) is 0 Å². The number of carbonyl (C=O) groups is 2. The third-order valence-electron chi connectivity index (χ3n) is 3.70. The number of hydrogen-bond donors (Lipinski definition) is 1. The highest BCUT2D eigenvalue weighted by Crippen LogP contribution is 2.23. The van der Waals surface area contributed by atoms with E-state index in [1.807, 2.05) is 26.0 Å². The summed E-state index contributed by atoms with van der Waals surface area (Å²) in [4.78, 5) is 26.1. The van der Waals surface area contributed by atoms with Crippen molar-refractivity contribution in [2.45, 2.75) is 45.2 Å². The van der Waals surface area contributed by atoms with Crippen LogP contribution in [0.3, 0.4) is 0 Å². The Morgan fingerprint density at radius 1 is 1.25 bits per heavy atom. The summed E-state index contributed by atoms with van der Waals surface area (Å²) in [5, 5.41) is 2.66. The molecule has 1 saturated heterocycles. The monoisotopic (exact) mass is 338 g/mol. The first-order chi connectivity index (χ1) is 9.49. The zero-order valence-electron chi connectivity index (χ0n) is 11.7. The minimum absolute atomic E-state index is 0.125. The molecular formula is C15H19BrN2O2. The first-order valence-electron chi connectivity index (χ1n) is 6.88. The van der Waals surface area contributed by atoms with E-state index in [0.717, 1.165) is 23.7 Å². The summed E-state index contributed by atoms with van der Waals surface area (Å²) in [6.07, 6.45) is 3.03. The van der Waals surface area contributed by atoms with Gasteiger partial charge < -0.3 is 10.2 Å². The molecule has 1 heterocycles. The van der Waals surface area contributed by atoms with Crippen molar-refractivity contribution in [3.05, 3.63) is 28.7 Å². The Kier molecular flexibility index (Phi) is 4.81. The number of benzene rings is 1. The first-order valence-corrected chi connectivity index (χ1v) is 7.67. The summed E-state index contributed by atoms with van der Waals surface area (Å²) in [6.45, 7) is 4.00. The van der Waals surface area contributed by atoms with Crippen molar-refractivity contribution < 1.29 is 9.59 Å². The minimum Gasteiger partial charge on any atom is -0.329 e. The topological polar surface area (TPSA) is 49.4 Å². The van der Waals surface area contributed by atoms with Crippen molar-refractivity contribution in [2.75, 3.05) is 5.32 Å². The fraction of sp³-hybridized carbons (Fsp3) is 0.467. The van der Waals surface area contributed by atoms with Gasteiger partial charge in [0.15, 0.2) is 0 Å². The number of rotatable bonds is 1. The first kappa shape index (κ1) is 15.0. The van der Waals surface area contributed by atoms with Gasteiger partial charge in [0.05, 0.1) is 0 Å². The maximum Gasteiger partial charge on any atom is 0.313 e. The molecule has 1 aromatic carbocycles. The van der Waals surface area contributed by atoms with E-state index in [0.29, 0.717) is 5.69 Å². The van der Waals surface area contributed by atoms with Crippen molar-refractivity contribution in [3.63, 3.8) is 0 Å². The predicted octanol–water partition coefficient (Wildman–Crippen LogP) is 3.18. The van der Waals surface area contributed by atoms with Gasteiger partial charge in [-0.15, -0.1) is 0 Å². The van der Waals surface area contributed by atoms with E-state index < -0.39 is 11.8 Å². The quantitative estimate of drug-likeness (QED) is 0.799. The van der Waals surface area contributed by atoms with Gasteiger partial charge in [0.2, 0.25) is 0 Å². The fourth-order valence-electron chi connectivity index (χ4n) is 2.69. The van der Waals surface area contributed by atoms with Crippen LogP contribution in [0.25, 0.3) is 0 Å². The molecular weight excluding hydrogens is 320 g/mol. The average Bonchev–Trinajstić information content (AvgIpc) is 2.38. The fourth-order valence-corrected chi connectivity index (χ4v) is 3.09. The smallest absolute Gasteiger partial charge is 0.313 e. The summed E-state index contributed by atoms with van der Waals surface area (Å²) in [7, 11) is 0. The van der Waals surface area contributed by atoms with Crippen molar-refractivity contribution in [1.82, 2.24) is 4.90 Å². The summed E-state index contributed by atoms with van der Waals surface area (Å²) in [5.74, 6) is -1.01. The Morgan fingerprint density at radius 2 is 1.90 bits per heavy atom. The van der Waals surface area contributed by atoms with E-state index >= 15 is 0 Å². The molecule has 1 aliphatic heterocycles. The van der Waals surface area contributed by atoms with Crippen LogP contribution in [0.1, 0.15) is 33.1 Å². The lowest BCUT2D eigenvalue weighted by Crippen LogP contribution is -2.51. The van der Waals surface area contributed by atoms with Crippen LogP contribution in [0.15, 0.2) is 28.7 Å². The molecule has 4 nitrogen and oxygen atoms in total. The van der Waals surface area contributed by atoms with Crippen molar-refractivity contribution in [3.8, 4) is 0 Å².